The van der Waals surface area contributed by atoms with Crippen molar-refractivity contribution in [2.75, 3.05) is 0 Å². The fourth-order valence-electron chi connectivity index (χ4n) is 0.930. The van der Waals surface area contributed by atoms with Gasteiger partial charge in [-0.05, 0) is 11.6 Å². The van der Waals surface area contributed by atoms with Crippen LogP contribution in [0.5, 0.6) is 0 Å². The lowest BCUT2D eigenvalue weighted by molar-refractivity contribution is 1.13. The van der Waals surface area contributed by atoms with Crippen LogP contribution in [0.3, 0.4) is 0 Å². The van der Waals surface area contributed by atoms with Gasteiger partial charge in [-0.25, -0.2) is 0 Å². The molecule has 0 fully saturated rings. The van der Waals surface area contributed by atoms with Gasteiger partial charge in [0.2, 0.25) is 0 Å². The largest absolute Gasteiger partial charge is 0.259 e. The minimum atomic E-state index is 0.914. The summed E-state index contributed by atoms with van der Waals surface area (Å²) >= 11 is 0. The molecule has 0 saturated heterocycles. The van der Waals surface area contributed by atoms with E-state index >= 15 is 0 Å². The van der Waals surface area contributed by atoms with E-state index in [9.17, 15) is 0 Å². The normalized spacial score (nSPS) is 15.6. The molecule has 0 atom stereocenters. The Labute approximate surface area is 55.6 Å². The molecular weight excluding hydrogens is 129 g/mol. The van der Waals surface area contributed by atoms with Crippen LogP contribution in [0, 0.1) is 0 Å². The smallest absolute Gasteiger partial charge is 0.0697 e. The quantitative estimate of drug-likeness (QED) is 0.482. The molecule has 0 spiro atoms. The molecule has 0 saturated carbocycles. The van der Waals surface area contributed by atoms with Crippen molar-refractivity contribution in [3.8, 4) is 0 Å². The molecule has 0 aromatic heterocycles. The SMILES string of the molecule is c1ccc2c(c1)CN=P2. The Morgan fingerprint density at radius 2 is 2.22 bits per heavy atom. The Balaban J connectivity index is 2.63. The minimum Gasteiger partial charge on any atom is -0.259 e. The van der Waals surface area contributed by atoms with E-state index in [1.54, 1.807) is 0 Å². The first-order valence-electron chi connectivity index (χ1n) is 2.92. The maximum atomic E-state index is 4.22. The Morgan fingerprint density at radius 3 is 3.11 bits per heavy atom. The van der Waals surface area contributed by atoms with Gasteiger partial charge in [0.15, 0.2) is 0 Å². The maximum Gasteiger partial charge on any atom is 0.0697 e. The molecule has 1 aliphatic heterocycles. The first-order chi connectivity index (χ1) is 4.47. The van der Waals surface area contributed by atoms with Crippen molar-refractivity contribution in [1.82, 2.24) is 0 Å². The summed E-state index contributed by atoms with van der Waals surface area (Å²) in [5.41, 5.74) is 1.39. The maximum absolute atomic E-state index is 4.22. The molecule has 1 aromatic carbocycles. The van der Waals surface area contributed by atoms with Gasteiger partial charge in [0.05, 0.1) is 6.54 Å². The molecule has 0 unspecified atom stereocenters. The summed E-state index contributed by atoms with van der Waals surface area (Å²) in [4.78, 5) is 0. The molecule has 1 heterocycles. The van der Waals surface area contributed by atoms with Crippen molar-refractivity contribution >= 4 is 13.7 Å². The van der Waals surface area contributed by atoms with Crippen molar-refractivity contribution in [3.63, 3.8) is 0 Å². The average molecular weight is 135 g/mol. The van der Waals surface area contributed by atoms with Crippen LogP contribution < -0.4 is 5.30 Å². The lowest BCUT2D eigenvalue weighted by atomic mass is 10.2. The van der Waals surface area contributed by atoms with E-state index < -0.39 is 0 Å². The van der Waals surface area contributed by atoms with E-state index in [2.05, 4.69) is 29.0 Å². The number of hydrogen-bond donors (Lipinski definition) is 0. The van der Waals surface area contributed by atoms with Crippen LogP contribution in [-0.4, -0.2) is 0 Å². The minimum absolute atomic E-state index is 0.914. The second kappa shape index (κ2) is 1.93. The summed E-state index contributed by atoms with van der Waals surface area (Å²) in [5, 5.41) is 1.37. The summed E-state index contributed by atoms with van der Waals surface area (Å²) in [5.74, 6) is 0. The van der Waals surface area contributed by atoms with Crippen molar-refractivity contribution < 1.29 is 0 Å². The highest BCUT2D eigenvalue weighted by atomic mass is 31.1. The highest BCUT2D eigenvalue weighted by Crippen LogP contribution is 2.16. The van der Waals surface area contributed by atoms with Gasteiger partial charge in [-0.3, -0.25) is 4.74 Å². The van der Waals surface area contributed by atoms with Gasteiger partial charge < -0.3 is 0 Å². The third-order valence-electron chi connectivity index (χ3n) is 1.41. The molecule has 0 radical (unpaired) electrons. The first-order valence-corrected chi connectivity index (χ1v) is 3.77. The molecule has 2 heteroatoms. The zero-order valence-electron chi connectivity index (χ0n) is 4.91. The standard InChI is InChI=1S/C7H6NP/c1-2-4-7-6(3-1)5-8-9-7/h1-4H,5H2. The zero-order valence-corrected chi connectivity index (χ0v) is 5.81. The van der Waals surface area contributed by atoms with Gasteiger partial charge in [-0.1, -0.05) is 18.2 Å². The molecule has 0 N–H and O–H groups in total. The Bertz CT molecular complexity index is 255. The number of hydrogen-bond acceptors (Lipinski definition) is 1. The van der Waals surface area contributed by atoms with Gasteiger partial charge >= 0.3 is 0 Å². The van der Waals surface area contributed by atoms with Crippen LogP contribution in [0.4, 0.5) is 0 Å². The van der Waals surface area contributed by atoms with Crippen LogP contribution in [0.1, 0.15) is 5.56 Å². The molecule has 1 aliphatic rings. The summed E-state index contributed by atoms with van der Waals surface area (Å²) in [6.07, 6.45) is 0. The summed E-state index contributed by atoms with van der Waals surface area (Å²) in [6, 6.07) is 8.40. The van der Waals surface area contributed by atoms with E-state index in [1.807, 2.05) is 0 Å². The lowest BCUT2D eigenvalue weighted by Gasteiger charge is -1.90. The van der Waals surface area contributed by atoms with Gasteiger partial charge in [0.1, 0.15) is 0 Å². The van der Waals surface area contributed by atoms with Gasteiger partial charge in [-0.15, -0.1) is 0 Å². The topological polar surface area (TPSA) is 12.4 Å². The summed E-state index contributed by atoms with van der Waals surface area (Å²) in [7, 11) is 1.15. The van der Waals surface area contributed by atoms with Gasteiger partial charge in [0.25, 0.3) is 0 Å². The first kappa shape index (κ1) is 5.13. The molecule has 0 amide bonds. The van der Waals surface area contributed by atoms with Crippen molar-refractivity contribution in [3.05, 3.63) is 29.8 Å². The molecule has 1 nitrogen and oxygen atoms in total. The van der Waals surface area contributed by atoms with Crippen molar-refractivity contribution in [2.24, 2.45) is 4.74 Å². The van der Waals surface area contributed by atoms with Crippen LogP contribution in [-0.2, 0) is 6.54 Å². The van der Waals surface area contributed by atoms with Crippen LogP contribution in [0.2, 0.25) is 0 Å². The van der Waals surface area contributed by atoms with E-state index in [0.29, 0.717) is 0 Å². The second-order valence-corrected chi connectivity index (χ2v) is 2.99. The van der Waals surface area contributed by atoms with Crippen LogP contribution in [0.15, 0.2) is 29.0 Å². The van der Waals surface area contributed by atoms with E-state index in [4.69, 9.17) is 0 Å². The van der Waals surface area contributed by atoms with Crippen LogP contribution in [0.25, 0.3) is 0 Å². The fourth-order valence-corrected chi connectivity index (χ4v) is 1.73. The second-order valence-electron chi connectivity index (χ2n) is 2.03. The Morgan fingerprint density at radius 1 is 1.33 bits per heavy atom. The number of benzene rings is 1. The number of fused-ring (bicyclic) bond motifs is 1. The molecule has 0 bridgehead atoms. The lowest BCUT2D eigenvalue weighted by Crippen LogP contribution is -1.94. The number of nitrogens with zero attached hydrogens (tertiary/aromatic N) is 1. The predicted octanol–water partition coefficient (Wildman–Crippen LogP) is 1.96. The zero-order chi connectivity index (χ0) is 6.10. The van der Waals surface area contributed by atoms with Gasteiger partial charge in [-0.2, -0.15) is 0 Å². The van der Waals surface area contributed by atoms with Crippen LogP contribution >= 0.6 is 8.37 Å². The molecule has 0 aliphatic carbocycles. The van der Waals surface area contributed by atoms with E-state index in [-0.39, 0.29) is 0 Å². The molecule has 2 rings (SSSR count). The van der Waals surface area contributed by atoms with Crippen molar-refractivity contribution in [2.45, 2.75) is 6.54 Å². The van der Waals surface area contributed by atoms with E-state index in [1.165, 1.54) is 10.9 Å². The highest BCUT2D eigenvalue weighted by molar-refractivity contribution is 7.37. The highest BCUT2D eigenvalue weighted by Gasteiger charge is 2.02. The van der Waals surface area contributed by atoms with E-state index in [0.717, 1.165) is 14.9 Å². The van der Waals surface area contributed by atoms with Gasteiger partial charge in [0, 0.05) is 13.7 Å². The Kier molecular flexibility index (Phi) is 1.10. The Hall–Kier alpha value is -0.680. The molecule has 9 heavy (non-hydrogen) atoms. The summed E-state index contributed by atoms with van der Waals surface area (Å²) in [6.45, 7) is 0.914. The van der Waals surface area contributed by atoms with Crippen molar-refractivity contribution in [1.29, 1.82) is 0 Å². The monoisotopic (exact) mass is 135 g/mol. The fraction of sp³-hybridized carbons (Fsp3) is 0.143. The molecule has 1 aromatic rings. The predicted molar refractivity (Wildman–Crippen MR) is 39.1 cm³/mol. The third-order valence-corrected chi connectivity index (χ3v) is 2.35. The summed E-state index contributed by atoms with van der Waals surface area (Å²) < 4.78 is 4.22. The molecule has 44 valence electrons. The number of rotatable bonds is 0. The average Bonchev–Trinajstić information content (AvgIpc) is 2.33. The molecular formula is C7H6NP. The third kappa shape index (κ3) is 0.778.